The number of rotatable bonds is 8. The van der Waals surface area contributed by atoms with Gasteiger partial charge >= 0.3 is 0 Å². The van der Waals surface area contributed by atoms with E-state index in [9.17, 15) is 18.3 Å². The first kappa shape index (κ1) is 37.0. The summed E-state index contributed by atoms with van der Waals surface area (Å²) in [4.78, 5) is 23.2. The molecule has 0 spiro atoms. The number of β-amino-alcohol motifs (C(OH)–C–C–N with tert-alkyl or cyclic N) is 1. The van der Waals surface area contributed by atoms with Crippen LogP contribution < -0.4 is 19.9 Å². The second kappa shape index (κ2) is 12.6. The number of amides is 1. The highest BCUT2D eigenvalue weighted by Gasteiger charge is 2.68. The van der Waals surface area contributed by atoms with Gasteiger partial charge in [-0.2, -0.15) is 9.78 Å². The van der Waals surface area contributed by atoms with E-state index in [-0.39, 0.29) is 29.6 Å². The minimum Gasteiger partial charge on any atom is -0.474 e. The summed E-state index contributed by atoms with van der Waals surface area (Å²) in [6.45, 7) is 20.4. The van der Waals surface area contributed by atoms with Crippen molar-refractivity contribution in [2.45, 2.75) is 97.8 Å². The van der Waals surface area contributed by atoms with Crippen LogP contribution in [0.15, 0.2) is 46.5 Å². The average Bonchev–Trinajstić information content (AvgIpc) is 3.67. The Morgan fingerprint density at radius 2 is 1.75 bits per heavy atom. The van der Waals surface area contributed by atoms with Crippen LogP contribution in [0.3, 0.4) is 0 Å². The third-order valence-corrected chi connectivity index (χ3v) is 13.2. The van der Waals surface area contributed by atoms with Gasteiger partial charge in [-0.3, -0.25) is 4.79 Å². The predicted molar refractivity (Wildman–Crippen MR) is 208 cm³/mol. The van der Waals surface area contributed by atoms with Crippen LogP contribution in [0.2, 0.25) is 0 Å². The van der Waals surface area contributed by atoms with E-state index in [2.05, 4.69) is 81.0 Å². The quantitative estimate of drug-likeness (QED) is 0.308. The van der Waals surface area contributed by atoms with E-state index in [0.717, 1.165) is 34.8 Å². The number of β-lactam (4-membered cyclic amide) rings is 1. The molecule has 4 aliphatic rings. The number of benzene rings is 2. The van der Waals surface area contributed by atoms with Crippen molar-refractivity contribution in [2.24, 2.45) is 15.5 Å². The van der Waals surface area contributed by atoms with Crippen molar-refractivity contribution in [3.8, 4) is 5.75 Å². The number of fused-ring (bicyclic) bond motifs is 2. The largest absolute Gasteiger partial charge is 0.474 e. The summed E-state index contributed by atoms with van der Waals surface area (Å²) in [6.07, 6.45) is 1.31. The number of hydrogen-bond acceptors (Lipinski definition) is 11. The van der Waals surface area contributed by atoms with Gasteiger partial charge in [-0.15, -0.1) is 10.2 Å². The van der Waals surface area contributed by atoms with Crippen LogP contribution in [-0.2, 0) is 20.2 Å². The first-order valence-corrected chi connectivity index (χ1v) is 20.4. The summed E-state index contributed by atoms with van der Waals surface area (Å²) in [5.74, 6) is 1.77. The van der Waals surface area contributed by atoms with E-state index in [1.807, 2.05) is 43.0 Å². The van der Waals surface area contributed by atoms with Gasteiger partial charge in [0.25, 0.3) is 5.91 Å². The average molecular weight is 745 g/mol. The summed E-state index contributed by atoms with van der Waals surface area (Å²) in [5.41, 5.74) is 3.60. The van der Waals surface area contributed by atoms with Crippen LogP contribution >= 0.6 is 0 Å². The van der Waals surface area contributed by atoms with Crippen molar-refractivity contribution in [1.29, 1.82) is 0 Å². The van der Waals surface area contributed by atoms with Crippen molar-refractivity contribution >= 4 is 44.2 Å². The maximum Gasteiger partial charge on any atom is 0.268 e. The number of nitrogens with one attached hydrogen (secondary N) is 1. The number of sulfone groups is 1. The molecule has 2 N–H and O–H groups in total. The zero-order chi connectivity index (χ0) is 38.3. The van der Waals surface area contributed by atoms with Crippen LogP contribution in [0.25, 0.3) is 0 Å². The lowest BCUT2D eigenvalue weighted by Crippen LogP contribution is -2.80. The van der Waals surface area contributed by atoms with Gasteiger partial charge in [0.05, 0.1) is 29.5 Å². The fraction of sp³-hybridized carbons (Fsp3) is 0.564. The number of nitrogens with zero attached hydrogens (tertiary/aromatic N) is 7. The Labute approximate surface area is 312 Å². The Morgan fingerprint density at radius 3 is 2.36 bits per heavy atom. The minimum absolute atomic E-state index is 0.0777. The number of aliphatic imine (C=N–C) groups is 1. The Kier molecular flexibility index (Phi) is 8.84. The molecule has 1 aromatic heterocycles. The number of ether oxygens (including phenoxy) is 1. The lowest BCUT2D eigenvalue weighted by molar-refractivity contribution is -0.171. The maximum atomic E-state index is 13.6. The zero-order valence-electron chi connectivity index (χ0n) is 32.3. The Morgan fingerprint density at radius 1 is 1.08 bits per heavy atom. The molecule has 13 nitrogen and oxygen atoms in total. The van der Waals surface area contributed by atoms with Crippen LogP contribution in [0.1, 0.15) is 96.9 Å². The number of anilines is 2. The third kappa shape index (κ3) is 6.01. The summed E-state index contributed by atoms with van der Waals surface area (Å²) >= 11 is 0. The van der Waals surface area contributed by atoms with E-state index < -0.39 is 26.4 Å². The third-order valence-electron chi connectivity index (χ3n) is 11.6. The van der Waals surface area contributed by atoms with Gasteiger partial charge < -0.3 is 25.0 Å². The Balaban J connectivity index is 1.24. The molecule has 14 heteroatoms. The normalized spacial score (nSPS) is 26.8. The van der Waals surface area contributed by atoms with Crippen LogP contribution in [0.5, 0.6) is 5.75 Å². The molecule has 5 heterocycles. The number of hydrogen-bond donors (Lipinski definition) is 2. The topological polar surface area (TPSA) is 155 Å². The van der Waals surface area contributed by atoms with Gasteiger partial charge in [0.2, 0.25) is 11.4 Å². The molecule has 0 aliphatic carbocycles. The second-order valence-electron chi connectivity index (χ2n) is 16.8. The van der Waals surface area contributed by atoms with Crippen molar-refractivity contribution < 1.29 is 23.1 Å². The molecule has 0 radical (unpaired) electrons. The summed E-state index contributed by atoms with van der Waals surface area (Å²) in [7, 11) is -3.00. The molecule has 0 bridgehead atoms. The van der Waals surface area contributed by atoms with Crippen LogP contribution in [0.4, 0.5) is 17.1 Å². The maximum absolute atomic E-state index is 13.6. The monoisotopic (exact) mass is 744 g/mol. The highest BCUT2D eigenvalue weighted by molar-refractivity contribution is 7.91. The van der Waals surface area contributed by atoms with Gasteiger partial charge in [0.15, 0.2) is 15.7 Å². The highest BCUT2D eigenvalue weighted by Crippen LogP contribution is 2.48. The molecule has 53 heavy (non-hydrogen) atoms. The van der Waals surface area contributed by atoms with Crippen molar-refractivity contribution in [3.05, 3.63) is 59.2 Å². The summed E-state index contributed by atoms with van der Waals surface area (Å²) in [5, 5.41) is 27.4. The second-order valence-corrected chi connectivity index (χ2v) is 19.1. The zero-order valence-corrected chi connectivity index (χ0v) is 33.1. The molecule has 3 aromatic rings. The molecule has 7 rings (SSSR count). The van der Waals surface area contributed by atoms with Crippen LogP contribution in [0, 0.1) is 12.3 Å². The van der Waals surface area contributed by atoms with Crippen LogP contribution in [-0.4, -0.2) is 94.6 Å². The molecular weight excluding hydrogens is 693 g/mol. The minimum atomic E-state index is -3.00. The molecule has 2 aromatic carbocycles. The van der Waals surface area contributed by atoms with Gasteiger partial charge in [0.1, 0.15) is 17.0 Å². The van der Waals surface area contributed by atoms with E-state index in [0.29, 0.717) is 55.1 Å². The molecule has 3 unspecified atom stereocenters. The standard InChI is InChI=1S/C39H52N8O5S/c1-10-39(52-27-13-11-26(12-14-27)45-16-19-53(50,51)20-17-45)35(49)41-38(39,9)34-43-42-33-31(32(36(4,5)6)44-47(33)34)40-29-22-28-25(3)23-37(7,8)46(15-18-48)30(28)21-24(29)2/h11-14,21-22,25,48H,10,15-20,23H2,1-9H3,(H,41,49). The van der Waals surface area contributed by atoms with Gasteiger partial charge in [0, 0.05) is 42.0 Å². The molecule has 2 saturated heterocycles. The van der Waals surface area contributed by atoms with Gasteiger partial charge in [-0.1, -0.05) is 34.6 Å². The van der Waals surface area contributed by atoms with Gasteiger partial charge in [-0.05, 0) is 94.0 Å². The highest BCUT2D eigenvalue weighted by atomic mass is 32.2. The molecule has 284 valence electrons. The number of aryl methyl sites for hydroxylation is 1. The van der Waals surface area contributed by atoms with Crippen molar-refractivity contribution in [2.75, 3.05) is 47.5 Å². The van der Waals surface area contributed by atoms with E-state index in [1.54, 1.807) is 4.68 Å². The van der Waals surface area contributed by atoms with E-state index in [4.69, 9.17) is 14.8 Å². The van der Waals surface area contributed by atoms with Crippen molar-refractivity contribution in [1.82, 2.24) is 20.2 Å². The Bertz CT molecular complexity index is 2120. The summed E-state index contributed by atoms with van der Waals surface area (Å²) < 4.78 is 32.2. The molecule has 4 aliphatic heterocycles. The predicted octanol–water partition coefficient (Wildman–Crippen LogP) is 4.86. The molecule has 3 atom stereocenters. The number of carbonyl (C=O) groups is 1. The van der Waals surface area contributed by atoms with Crippen molar-refractivity contribution in [3.63, 3.8) is 0 Å². The smallest absolute Gasteiger partial charge is 0.268 e. The fourth-order valence-corrected chi connectivity index (χ4v) is 9.74. The number of carbonyl (C=O) groups excluding carboxylic acids is 1. The van der Waals surface area contributed by atoms with Gasteiger partial charge in [-0.25, -0.2) is 13.4 Å². The lowest BCUT2D eigenvalue weighted by Gasteiger charge is -2.54. The molecular formula is C39H52N8O5S. The fourth-order valence-electron chi connectivity index (χ4n) is 8.54. The number of aliphatic hydroxyl groups is 1. The first-order valence-electron chi connectivity index (χ1n) is 18.6. The summed E-state index contributed by atoms with van der Waals surface area (Å²) in [6, 6.07) is 11.8. The molecule has 1 amide bonds. The number of aliphatic hydroxyl groups excluding tert-OH is 1. The number of aromatic nitrogens is 3. The molecule has 0 saturated carbocycles. The van der Waals surface area contributed by atoms with E-state index >= 15 is 0 Å². The van der Waals surface area contributed by atoms with E-state index in [1.165, 1.54) is 5.56 Å². The Hall–Kier alpha value is -4.30. The first-order chi connectivity index (χ1) is 24.8. The molecule has 2 fully saturated rings. The lowest BCUT2D eigenvalue weighted by atomic mass is 9.70. The SMILES string of the molecule is CCC1(Oc2ccc(N3CCS(=O)(=O)CC3)cc2)C(=O)NC1(C)c1nnc2n1N=C(C(C)(C)C)C2=Nc1cc2c(cc1C)N(CCO)C(C)(C)CC2C.